The van der Waals surface area contributed by atoms with Gasteiger partial charge in [0.05, 0.1) is 22.0 Å². The number of benzene rings is 1. The van der Waals surface area contributed by atoms with Crippen molar-refractivity contribution >= 4 is 28.8 Å². The first-order valence-electron chi connectivity index (χ1n) is 10.7. The number of hydrogen-bond acceptors (Lipinski definition) is 3. The molecule has 0 unspecified atom stereocenters. The van der Waals surface area contributed by atoms with E-state index in [2.05, 4.69) is 22.2 Å². The van der Waals surface area contributed by atoms with E-state index in [1.54, 1.807) is 11.3 Å². The van der Waals surface area contributed by atoms with Crippen LogP contribution in [0.4, 0.5) is 0 Å². The second-order valence-electron chi connectivity index (χ2n) is 8.34. The number of amides is 1. The van der Waals surface area contributed by atoms with Crippen LogP contribution in [0.2, 0.25) is 5.02 Å². The average molecular weight is 442 g/mol. The van der Waals surface area contributed by atoms with E-state index < -0.39 is 0 Å². The van der Waals surface area contributed by atoms with E-state index in [0.29, 0.717) is 11.1 Å². The molecule has 6 heteroatoms. The predicted molar refractivity (Wildman–Crippen MR) is 125 cm³/mol. The minimum atomic E-state index is -0.0140. The van der Waals surface area contributed by atoms with E-state index in [-0.39, 0.29) is 11.9 Å². The van der Waals surface area contributed by atoms with Gasteiger partial charge in [0.15, 0.2) is 0 Å². The molecule has 0 aliphatic heterocycles. The standard InChI is InChI=1S/C24H28ClN3OS/c1-15(2)26-23(29)19-13-22(28(16(19)3)17-9-5-4-6-10-17)21-14-30-24(27-21)18-11-7-8-12-20(18)25/h7-8,11-15,17H,4-6,9-10H2,1-3H3,(H,26,29). The molecule has 0 saturated heterocycles. The van der Waals surface area contributed by atoms with Gasteiger partial charge in [0.1, 0.15) is 5.01 Å². The van der Waals surface area contributed by atoms with Gasteiger partial charge in [-0.25, -0.2) is 4.98 Å². The van der Waals surface area contributed by atoms with Crippen LogP contribution in [0, 0.1) is 6.92 Å². The lowest BCUT2D eigenvalue weighted by Crippen LogP contribution is -2.30. The van der Waals surface area contributed by atoms with Crippen molar-refractivity contribution in [2.24, 2.45) is 0 Å². The molecule has 4 nitrogen and oxygen atoms in total. The zero-order valence-corrected chi connectivity index (χ0v) is 19.3. The molecule has 0 radical (unpaired) electrons. The van der Waals surface area contributed by atoms with E-state index >= 15 is 0 Å². The summed E-state index contributed by atoms with van der Waals surface area (Å²) in [6.07, 6.45) is 6.05. The van der Waals surface area contributed by atoms with Crippen molar-refractivity contribution in [3.8, 4) is 22.0 Å². The highest BCUT2D eigenvalue weighted by molar-refractivity contribution is 7.13. The SMILES string of the molecule is Cc1c(C(=O)NC(C)C)cc(-c2csc(-c3ccccc3Cl)n2)n1C1CCCCC1. The summed E-state index contributed by atoms with van der Waals surface area (Å²) in [6.45, 7) is 6.04. The Labute approximate surface area is 187 Å². The Hall–Kier alpha value is -2.11. The van der Waals surface area contributed by atoms with Crippen LogP contribution in [0.5, 0.6) is 0 Å². The third-order valence-electron chi connectivity index (χ3n) is 5.77. The molecule has 3 aromatic rings. The molecule has 0 bridgehead atoms. The van der Waals surface area contributed by atoms with Crippen LogP contribution in [0.15, 0.2) is 35.7 Å². The normalized spacial score (nSPS) is 15.0. The fourth-order valence-corrected chi connectivity index (χ4v) is 5.48. The van der Waals surface area contributed by atoms with Crippen molar-refractivity contribution < 1.29 is 4.79 Å². The smallest absolute Gasteiger partial charge is 0.253 e. The van der Waals surface area contributed by atoms with Gasteiger partial charge in [-0.05, 0) is 45.7 Å². The molecule has 0 atom stereocenters. The number of nitrogens with one attached hydrogen (secondary N) is 1. The second kappa shape index (κ2) is 8.94. The largest absolute Gasteiger partial charge is 0.350 e. The monoisotopic (exact) mass is 441 g/mol. The molecular formula is C24H28ClN3OS. The first-order valence-corrected chi connectivity index (χ1v) is 11.9. The van der Waals surface area contributed by atoms with Crippen LogP contribution >= 0.6 is 22.9 Å². The Kier molecular flexibility index (Phi) is 6.30. The molecule has 1 aliphatic carbocycles. The van der Waals surface area contributed by atoms with Crippen LogP contribution in [0.25, 0.3) is 22.0 Å². The van der Waals surface area contributed by atoms with Crippen LogP contribution < -0.4 is 5.32 Å². The van der Waals surface area contributed by atoms with Gasteiger partial charge in [-0.3, -0.25) is 4.79 Å². The van der Waals surface area contributed by atoms with E-state index in [4.69, 9.17) is 16.6 Å². The van der Waals surface area contributed by atoms with Gasteiger partial charge in [0.25, 0.3) is 5.91 Å². The number of carbonyl (C=O) groups is 1. The molecule has 1 N–H and O–H groups in total. The van der Waals surface area contributed by atoms with E-state index in [0.717, 1.165) is 46.1 Å². The highest BCUT2D eigenvalue weighted by Crippen LogP contribution is 2.38. The zero-order chi connectivity index (χ0) is 21.3. The number of carbonyl (C=O) groups excluding carboxylic acids is 1. The zero-order valence-electron chi connectivity index (χ0n) is 17.7. The third-order valence-corrected chi connectivity index (χ3v) is 6.97. The first-order chi connectivity index (χ1) is 14.5. The molecule has 1 aromatic carbocycles. The fraction of sp³-hybridized carbons (Fsp3) is 0.417. The van der Waals surface area contributed by atoms with Gasteiger partial charge in [-0.2, -0.15) is 0 Å². The van der Waals surface area contributed by atoms with E-state index in [1.807, 2.05) is 44.2 Å². The Morgan fingerprint density at radius 3 is 2.67 bits per heavy atom. The maximum atomic E-state index is 12.9. The summed E-state index contributed by atoms with van der Waals surface area (Å²) in [7, 11) is 0. The van der Waals surface area contributed by atoms with Gasteiger partial charge in [-0.1, -0.05) is 49.1 Å². The topological polar surface area (TPSA) is 46.9 Å². The highest BCUT2D eigenvalue weighted by atomic mass is 35.5. The van der Waals surface area contributed by atoms with Gasteiger partial charge >= 0.3 is 0 Å². The quantitative estimate of drug-likeness (QED) is 0.468. The molecule has 1 saturated carbocycles. The minimum Gasteiger partial charge on any atom is -0.350 e. The number of hydrogen-bond donors (Lipinski definition) is 1. The molecule has 30 heavy (non-hydrogen) atoms. The Balaban J connectivity index is 1.78. The minimum absolute atomic E-state index is 0.0140. The first kappa shape index (κ1) is 21.1. The van der Waals surface area contributed by atoms with Gasteiger partial charge < -0.3 is 9.88 Å². The Morgan fingerprint density at radius 2 is 1.97 bits per heavy atom. The lowest BCUT2D eigenvalue weighted by Gasteiger charge is -2.27. The van der Waals surface area contributed by atoms with Crippen molar-refractivity contribution in [3.63, 3.8) is 0 Å². The van der Waals surface area contributed by atoms with Gasteiger partial charge in [-0.15, -0.1) is 11.3 Å². The van der Waals surface area contributed by atoms with E-state index in [1.165, 1.54) is 19.3 Å². The second-order valence-corrected chi connectivity index (χ2v) is 9.60. The van der Waals surface area contributed by atoms with Gasteiger partial charge in [0, 0.05) is 28.7 Å². The molecule has 1 aliphatic rings. The molecule has 4 rings (SSSR count). The maximum Gasteiger partial charge on any atom is 0.253 e. The van der Waals surface area contributed by atoms with Crippen molar-refractivity contribution in [2.45, 2.75) is 65.0 Å². The number of rotatable bonds is 5. The van der Waals surface area contributed by atoms with Crippen molar-refractivity contribution in [2.75, 3.05) is 0 Å². The van der Waals surface area contributed by atoms with Crippen molar-refractivity contribution in [1.82, 2.24) is 14.9 Å². The molecule has 158 valence electrons. The third kappa shape index (κ3) is 4.19. The molecule has 0 spiro atoms. The average Bonchev–Trinajstić information content (AvgIpc) is 3.33. The summed E-state index contributed by atoms with van der Waals surface area (Å²) in [5, 5.41) is 6.73. The lowest BCUT2D eigenvalue weighted by atomic mass is 9.95. The summed E-state index contributed by atoms with van der Waals surface area (Å²) in [4.78, 5) is 17.8. The molecule has 2 heterocycles. The Bertz CT molecular complexity index is 1050. The van der Waals surface area contributed by atoms with Crippen LogP contribution in [0.3, 0.4) is 0 Å². The summed E-state index contributed by atoms with van der Waals surface area (Å²) in [6, 6.07) is 10.3. The van der Waals surface area contributed by atoms with Gasteiger partial charge in [0.2, 0.25) is 0 Å². The number of nitrogens with zero attached hydrogens (tertiary/aromatic N) is 2. The molecule has 2 aromatic heterocycles. The molecule has 1 fully saturated rings. The lowest BCUT2D eigenvalue weighted by molar-refractivity contribution is 0.0942. The fourth-order valence-electron chi connectivity index (χ4n) is 4.35. The van der Waals surface area contributed by atoms with Crippen molar-refractivity contribution in [3.05, 3.63) is 52.0 Å². The van der Waals surface area contributed by atoms with Crippen molar-refractivity contribution in [1.29, 1.82) is 0 Å². The summed E-state index contributed by atoms with van der Waals surface area (Å²) in [5.41, 5.74) is 4.66. The van der Waals surface area contributed by atoms with Crippen LogP contribution in [0.1, 0.15) is 68.0 Å². The number of halogens is 1. The van der Waals surface area contributed by atoms with E-state index in [9.17, 15) is 4.79 Å². The molecule has 1 amide bonds. The predicted octanol–water partition coefficient (Wildman–Crippen LogP) is 6.88. The number of aromatic nitrogens is 2. The number of thiazole rings is 1. The summed E-state index contributed by atoms with van der Waals surface area (Å²) in [5.74, 6) is -0.0140. The summed E-state index contributed by atoms with van der Waals surface area (Å²) >= 11 is 7.99. The van der Waals surface area contributed by atoms with Crippen LogP contribution in [-0.4, -0.2) is 21.5 Å². The maximum absolute atomic E-state index is 12.9. The van der Waals surface area contributed by atoms with Crippen LogP contribution in [-0.2, 0) is 0 Å². The summed E-state index contributed by atoms with van der Waals surface area (Å²) < 4.78 is 2.36. The highest BCUT2D eigenvalue weighted by Gasteiger charge is 2.26. The molecular weight excluding hydrogens is 414 g/mol. The Morgan fingerprint density at radius 1 is 1.23 bits per heavy atom.